The fourth-order valence-corrected chi connectivity index (χ4v) is 3.90. The van der Waals surface area contributed by atoms with Crippen molar-refractivity contribution in [2.24, 2.45) is 0 Å². The molecule has 0 aliphatic carbocycles. The van der Waals surface area contributed by atoms with E-state index in [4.69, 9.17) is 9.47 Å². The molecule has 170 valence electrons. The van der Waals surface area contributed by atoms with Crippen molar-refractivity contribution in [1.82, 2.24) is 14.7 Å². The SMILES string of the molecule is CCn1cc(C2=C[C@@H](c3ccc(C(=O)OC)cc3)N(C(=O)OCc3ccccc3)CC2)cn1. The van der Waals surface area contributed by atoms with Crippen LogP contribution in [0.5, 0.6) is 0 Å². The number of aromatic nitrogens is 2. The first-order valence-corrected chi connectivity index (χ1v) is 11.0. The van der Waals surface area contributed by atoms with Gasteiger partial charge >= 0.3 is 12.1 Å². The van der Waals surface area contributed by atoms with Gasteiger partial charge in [-0.2, -0.15) is 5.10 Å². The highest BCUT2D eigenvalue weighted by Crippen LogP contribution is 2.34. The molecule has 4 rings (SSSR count). The average molecular weight is 446 g/mol. The van der Waals surface area contributed by atoms with Gasteiger partial charge in [0.25, 0.3) is 0 Å². The number of rotatable bonds is 6. The lowest BCUT2D eigenvalue weighted by Crippen LogP contribution is -2.37. The molecule has 0 saturated heterocycles. The van der Waals surface area contributed by atoms with Gasteiger partial charge in [-0.15, -0.1) is 0 Å². The van der Waals surface area contributed by atoms with Gasteiger partial charge in [0.15, 0.2) is 0 Å². The van der Waals surface area contributed by atoms with Gasteiger partial charge in [0.2, 0.25) is 0 Å². The summed E-state index contributed by atoms with van der Waals surface area (Å²) in [6.07, 6.45) is 6.28. The number of hydrogen-bond acceptors (Lipinski definition) is 5. The average Bonchev–Trinajstić information content (AvgIpc) is 3.36. The summed E-state index contributed by atoms with van der Waals surface area (Å²) in [6.45, 7) is 3.57. The minimum Gasteiger partial charge on any atom is -0.465 e. The molecule has 1 atom stereocenters. The van der Waals surface area contributed by atoms with Gasteiger partial charge in [0.05, 0.1) is 24.9 Å². The Morgan fingerprint density at radius 1 is 1.09 bits per heavy atom. The summed E-state index contributed by atoms with van der Waals surface area (Å²) < 4.78 is 12.3. The second kappa shape index (κ2) is 10.2. The number of methoxy groups -OCH3 is 1. The Morgan fingerprint density at radius 2 is 1.85 bits per heavy atom. The highest BCUT2D eigenvalue weighted by molar-refractivity contribution is 5.89. The Morgan fingerprint density at radius 3 is 2.52 bits per heavy atom. The van der Waals surface area contributed by atoms with Crippen molar-refractivity contribution in [3.63, 3.8) is 0 Å². The van der Waals surface area contributed by atoms with Crippen molar-refractivity contribution in [2.45, 2.75) is 32.5 Å². The van der Waals surface area contributed by atoms with E-state index in [9.17, 15) is 9.59 Å². The second-order valence-corrected chi connectivity index (χ2v) is 7.82. The third-order valence-corrected chi connectivity index (χ3v) is 5.76. The molecule has 33 heavy (non-hydrogen) atoms. The maximum atomic E-state index is 13.1. The Kier molecular flexibility index (Phi) is 6.88. The number of amides is 1. The largest absolute Gasteiger partial charge is 0.465 e. The quantitative estimate of drug-likeness (QED) is 0.507. The smallest absolute Gasteiger partial charge is 0.410 e. The predicted octanol–water partition coefficient (Wildman–Crippen LogP) is 4.86. The summed E-state index contributed by atoms with van der Waals surface area (Å²) in [5.41, 5.74) is 4.46. The monoisotopic (exact) mass is 445 g/mol. The third kappa shape index (κ3) is 5.14. The van der Waals surface area contributed by atoms with E-state index in [-0.39, 0.29) is 18.7 Å². The van der Waals surface area contributed by atoms with E-state index in [0.29, 0.717) is 18.5 Å². The zero-order chi connectivity index (χ0) is 23.2. The van der Waals surface area contributed by atoms with E-state index in [1.165, 1.54) is 7.11 Å². The zero-order valence-electron chi connectivity index (χ0n) is 18.8. The molecule has 3 aromatic rings. The number of hydrogen-bond donors (Lipinski definition) is 0. The predicted molar refractivity (Wildman–Crippen MR) is 124 cm³/mol. The van der Waals surface area contributed by atoms with Crippen LogP contribution in [-0.2, 0) is 22.6 Å². The molecule has 0 fully saturated rings. The van der Waals surface area contributed by atoms with Crippen LogP contribution in [0, 0.1) is 0 Å². The zero-order valence-corrected chi connectivity index (χ0v) is 18.8. The Labute approximate surface area is 193 Å². The van der Waals surface area contributed by atoms with Gasteiger partial charge in [0.1, 0.15) is 6.61 Å². The Balaban J connectivity index is 1.60. The van der Waals surface area contributed by atoms with E-state index < -0.39 is 5.97 Å². The molecule has 1 aliphatic rings. The van der Waals surface area contributed by atoms with Crippen LogP contribution in [0.2, 0.25) is 0 Å². The minimum absolute atomic E-state index is 0.212. The van der Waals surface area contributed by atoms with E-state index in [1.807, 2.05) is 66.5 Å². The molecule has 0 N–H and O–H groups in total. The van der Waals surface area contributed by atoms with E-state index >= 15 is 0 Å². The minimum atomic E-state index is -0.396. The molecular formula is C26H27N3O4. The van der Waals surface area contributed by atoms with Crippen molar-refractivity contribution < 1.29 is 19.1 Å². The summed E-state index contributed by atoms with van der Waals surface area (Å²) in [7, 11) is 1.35. The molecule has 2 heterocycles. The third-order valence-electron chi connectivity index (χ3n) is 5.76. The first kappa shape index (κ1) is 22.3. The van der Waals surface area contributed by atoms with Gasteiger partial charge in [-0.1, -0.05) is 48.5 Å². The molecule has 7 nitrogen and oxygen atoms in total. The maximum Gasteiger partial charge on any atom is 0.410 e. The first-order valence-electron chi connectivity index (χ1n) is 11.0. The molecule has 1 amide bonds. The lowest BCUT2D eigenvalue weighted by atomic mass is 9.93. The number of ether oxygens (including phenoxy) is 2. The highest BCUT2D eigenvalue weighted by atomic mass is 16.6. The van der Waals surface area contributed by atoms with Crippen molar-refractivity contribution in [2.75, 3.05) is 13.7 Å². The lowest BCUT2D eigenvalue weighted by Gasteiger charge is -2.34. The van der Waals surface area contributed by atoms with Gasteiger partial charge in [-0.25, -0.2) is 9.59 Å². The van der Waals surface area contributed by atoms with Gasteiger partial charge in [0, 0.05) is 24.8 Å². The van der Waals surface area contributed by atoms with Crippen molar-refractivity contribution in [3.8, 4) is 0 Å². The molecule has 2 aromatic carbocycles. The van der Waals surface area contributed by atoms with Crippen molar-refractivity contribution >= 4 is 17.6 Å². The molecule has 1 aliphatic heterocycles. The molecular weight excluding hydrogens is 418 g/mol. The van der Waals surface area contributed by atoms with Crippen LogP contribution >= 0.6 is 0 Å². The van der Waals surface area contributed by atoms with E-state index in [0.717, 1.165) is 28.8 Å². The second-order valence-electron chi connectivity index (χ2n) is 7.82. The number of carbonyl (C=O) groups is 2. The number of carbonyl (C=O) groups excluding carboxylic acids is 2. The van der Waals surface area contributed by atoms with Crippen LogP contribution in [0.4, 0.5) is 4.79 Å². The number of benzene rings is 2. The molecule has 0 radical (unpaired) electrons. The fraction of sp³-hybridized carbons (Fsp3) is 0.269. The van der Waals surface area contributed by atoms with Crippen molar-refractivity contribution in [3.05, 3.63) is 95.3 Å². The fourth-order valence-electron chi connectivity index (χ4n) is 3.90. The summed E-state index contributed by atoms with van der Waals surface area (Å²) in [5, 5.41) is 4.38. The molecule has 1 aromatic heterocycles. The summed E-state index contributed by atoms with van der Waals surface area (Å²) in [6, 6.07) is 16.4. The van der Waals surface area contributed by atoms with E-state index in [2.05, 4.69) is 11.2 Å². The van der Waals surface area contributed by atoms with Gasteiger partial charge < -0.3 is 9.47 Å². The summed E-state index contributed by atoms with van der Waals surface area (Å²) in [5.74, 6) is -0.396. The van der Waals surface area contributed by atoms with Crippen LogP contribution in [0.15, 0.2) is 73.1 Å². The highest BCUT2D eigenvalue weighted by Gasteiger charge is 2.29. The Hall–Kier alpha value is -3.87. The number of nitrogens with zero attached hydrogens (tertiary/aromatic N) is 3. The van der Waals surface area contributed by atoms with Gasteiger partial charge in [-0.3, -0.25) is 9.58 Å². The molecule has 0 saturated carbocycles. The Bertz CT molecular complexity index is 1140. The number of aryl methyl sites for hydroxylation is 1. The molecule has 0 unspecified atom stereocenters. The molecule has 0 spiro atoms. The van der Waals surface area contributed by atoms with Crippen LogP contribution in [0.1, 0.15) is 46.4 Å². The maximum absolute atomic E-state index is 13.1. The molecule has 7 heteroatoms. The summed E-state index contributed by atoms with van der Waals surface area (Å²) in [4.78, 5) is 26.6. The standard InChI is InChI=1S/C26H27N3O4/c1-3-28-17-23(16-27-28)22-13-14-29(26(31)33-18-19-7-5-4-6-8-19)24(15-22)20-9-11-21(12-10-20)25(30)32-2/h4-12,15-17,24H,3,13-14,18H2,1-2H3/t24-/m0/s1. The number of esters is 1. The van der Waals surface area contributed by atoms with Crippen LogP contribution in [0.25, 0.3) is 5.57 Å². The normalized spacial score (nSPS) is 15.6. The van der Waals surface area contributed by atoms with Crippen LogP contribution in [0.3, 0.4) is 0 Å². The topological polar surface area (TPSA) is 73.7 Å². The summed E-state index contributed by atoms with van der Waals surface area (Å²) >= 11 is 0. The first-order chi connectivity index (χ1) is 16.1. The van der Waals surface area contributed by atoms with Gasteiger partial charge in [-0.05, 0) is 42.2 Å². The molecule has 0 bridgehead atoms. The van der Waals surface area contributed by atoms with E-state index in [1.54, 1.807) is 17.0 Å². The van der Waals surface area contributed by atoms with Crippen LogP contribution < -0.4 is 0 Å². The van der Waals surface area contributed by atoms with Crippen LogP contribution in [-0.4, -0.2) is 40.4 Å². The lowest BCUT2D eigenvalue weighted by molar-refractivity contribution is 0.0600. The van der Waals surface area contributed by atoms with Crippen molar-refractivity contribution in [1.29, 1.82) is 0 Å².